The molecule has 2 N–H and O–H groups in total. The van der Waals surface area contributed by atoms with Gasteiger partial charge in [-0.15, -0.1) is 11.3 Å². The average Bonchev–Trinajstić information content (AvgIpc) is 3.15. The third-order valence-corrected chi connectivity index (χ3v) is 4.44. The van der Waals surface area contributed by atoms with Crippen LogP contribution in [0.2, 0.25) is 5.02 Å². The van der Waals surface area contributed by atoms with Gasteiger partial charge in [0.15, 0.2) is 6.61 Å². The van der Waals surface area contributed by atoms with Crippen molar-refractivity contribution in [3.63, 3.8) is 0 Å². The second-order valence-corrected chi connectivity index (χ2v) is 6.51. The summed E-state index contributed by atoms with van der Waals surface area (Å²) in [6.45, 7) is -1.04. The number of aliphatic hydroxyl groups is 2. The number of esters is 1. The van der Waals surface area contributed by atoms with E-state index in [0.29, 0.717) is 10.4 Å². The second-order valence-electron chi connectivity index (χ2n) is 5.15. The van der Waals surface area contributed by atoms with Crippen LogP contribution in [0.4, 0.5) is 0 Å². The molecule has 0 saturated carbocycles. The van der Waals surface area contributed by atoms with Crippen LogP contribution in [0.15, 0.2) is 35.7 Å². The zero-order valence-electron chi connectivity index (χ0n) is 13.2. The molecule has 0 unspecified atom stereocenters. The maximum absolute atomic E-state index is 12.2. The van der Waals surface area contributed by atoms with Crippen LogP contribution in [0.25, 0.3) is 0 Å². The van der Waals surface area contributed by atoms with E-state index in [1.807, 2.05) is 5.38 Å². The van der Waals surface area contributed by atoms with Crippen molar-refractivity contribution in [1.29, 1.82) is 0 Å². The molecule has 25 heavy (non-hydrogen) atoms. The van der Waals surface area contributed by atoms with Crippen LogP contribution in [-0.2, 0) is 9.53 Å². The number of halogens is 1. The highest BCUT2D eigenvalue weighted by molar-refractivity contribution is 7.12. The monoisotopic (exact) mass is 384 g/mol. The number of thiophene rings is 1. The molecule has 2 aromatic rings. The third-order valence-electron chi connectivity index (χ3n) is 3.28. The minimum absolute atomic E-state index is 0.100. The van der Waals surface area contributed by atoms with Gasteiger partial charge < -0.3 is 19.7 Å². The largest absolute Gasteiger partial charge is 0.480 e. The number of aliphatic hydroxyl groups excluding tert-OH is 2. The standard InChI is InChI=1S/C17H17ClO6S/c18-13-6-12(17(22)15-2-1-5-25-15)3-4-14(13)23-10-16(21)24-9-11(7-19)8-20/h1-6,11,19-20H,7-10H2. The molecule has 0 fully saturated rings. The van der Waals surface area contributed by atoms with E-state index in [2.05, 4.69) is 0 Å². The van der Waals surface area contributed by atoms with Crippen LogP contribution in [-0.4, -0.2) is 48.4 Å². The van der Waals surface area contributed by atoms with Crippen LogP contribution < -0.4 is 4.74 Å². The molecule has 0 aliphatic rings. The van der Waals surface area contributed by atoms with Crippen LogP contribution in [0.5, 0.6) is 5.75 Å². The first-order valence-electron chi connectivity index (χ1n) is 7.43. The lowest BCUT2D eigenvalue weighted by Crippen LogP contribution is -2.23. The van der Waals surface area contributed by atoms with Crippen LogP contribution in [0.1, 0.15) is 15.2 Å². The van der Waals surface area contributed by atoms with Gasteiger partial charge in [-0.3, -0.25) is 4.79 Å². The predicted molar refractivity (Wildman–Crippen MR) is 93.3 cm³/mol. The molecular formula is C17H17ClO6S. The van der Waals surface area contributed by atoms with Crippen molar-refractivity contribution in [3.8, 4) is 5.75 Å². The first-order valence-corrected chi connectivity index (χ1v) is 8.68. The zero-order valence-corrected chi connectivity index (χ0v) is 14.8. The number of carbonyl (C=O) groups is 2. The molecule has 0 atom stereocenters. The Balaban J connectivity index is 1.91. The third kappa shape index (κ3) is 5.54. The van der Waals surface area contributed by atoms with Crippen molar-refractivity contribution < 1.29 is 29.3 Å². The summed E-state index contributed by atoms with van der Waals surface area (Å²) in [5.74, 6) is -1.05. The van der Waals surface area contributed by atoms with Gasteiger partial charge in [-0.05, 0) is 29.6 Å². The van der Waals surface area contributed by atoms with E-state index in [1.165, 1.54) is 23.5 Å². The zero-order chi connectivity index (χ0) is 18.2. The van der Waals surface area contributed by atoms with Gasteiger partial charge in [0.1, 0.15) is 5.75 Å². The Labute approximate surface area is 153 Å². The van der Waals surface area contributed by atoms with E-state index in [4.69, 9.17) is 31.3 Å². The molecule has 0 saturated heterocycles. The fourth-order valence-corrected chi connectivity index (χ4v) is 2.78. The molecule has 0 amide bonds. The van der Waals surface area contributed by atoms with E-state index >= 15 is 0 Å². The molecule has 1 heterocycles. The smallest absolute Gasteiger partial charge is 0.344 e. The van der Waals surface area contributed by atoms with Crippen molar-refractivity contribution in [3.05, 3.63) is 51.2 Å². The Bertz CT molecular complexity index is 712. The molecule has 2 rings (SSSR count). The van der Waals surface area contributed by atoms with Crippen molar-refractivity contribution in [2.45, 2.75) is 0 Å². The van der Waals surface area contributed by atoms with Gasteiger partial charge in [0.25, 0.3) is 0 Å². The molecule has 0 radical (unpaired) electrons. The minimum atomic E-state index is -0.651. The number of ether oxygens (including phenoxy) is 2. The minimum Gasteiger partial charge on any atom is -0.480 e. The maximum Gasteiger partial charge on any atom is 0.344 e. The SMILES string of the molecule is O=C(COc1ccc(C(=O)c2cccs2)cc1Cl)OCC(CO)CO. The van der Waals surface area contributed by atoms with Crippen molar-refractivity contribution in [2.75, 3.05) is 26.4 Å². The second kappa shape index (κ2) is 9.53. The van der Waals surface area contributed by atoms with E-state index in [-0.39, 0.29) is 43.0 Å². The molecule has 0 aliphatic heterocycles. The summed E-state index contributed by atoms with van der Waals surface area (Å²) in [5.41, 5.74) is 0.427. The number of hydrogen-bond acceptors (Lipinski definition) is 7. The molecule has 0 aliphatic carbocycles. The van der Waals surface area contributed by atoms with Gasteiger partial charge in [-0.1, -0.05) is 17.7 Å². The van der Waals surface area contributed by atoms with E-state index in [1.54, 1.807) is 18.2 Å². The molecule has 6 nitrogen and oxygen atoms in total. The summed E-state index contributed by atoms with van der Waals surface area (Å²) >= 11 is 7.44. The highest BCUT2D eigenvalue weighted by atomic mass is 35.5. The number of carbonyl (C=O) groups excluding carboxylic acids is 2. The van der Waals surface area contributed by atoms with Gasteiger partial charge in [0.05, 0.1) is 29.7 Å². The Morgan fingerprint density at radius 2 is 1.96 bits per heavy atom. The molecule has 0 bridgehead atoms. The Hall–Kier alpha value is -1.93. The summed E-state index contributed by atoms with van der Waals surface area (Å²) in [6, 6.07) is 8.09. The highest BCUT2D eigenvalue weighted by Crippen LogP contribution is 2.27. The van der Waals surface area contributed by atoms with Gasteiger partial charge in [0.2, 0.25) is 5.78 Å². The Morgan fingerprint density at radius 3 is 2.56 bits per heavy atom. The Kier molecular flexibility index (Phi) is 7.39. The maximum atomic E-state index is 12.2. The average molecular weight is 385 g/mol. The van der Waals surface area contributed by atoms with Crippen LogP contribution in [0, 0.1) is 5.92 Å². The first-order chi connectivity index (χ1) is 12.0. The van der Waals surface area contributed by atoms with E-state index in [9.17, 15) is 9.59 Å². The highest BCUT2D eigenvalue weighted by Gasteiger charge is 2.14. The van der Waals surface area contributed by atoms with Crippen molar-refractivity contribution in [2.24, 2.45) is 5.92 Å². The topological polar surface area (TPSA) is 93.1 Å². The number of benzene rings is 1. The number of ketones is 1. The van der Waals surface area contributed by atoms with Crippen LogP contribution in [0.3, 0.4) is 0 Å². The number of hydrogen-bond donors (Lipinski definition) is 2. The van der Waals surface area contributed by atoms with Crippen molar-refractivity contribution >= 4 is 34.7 Å². The lowest BCUT2D eigenvalue weighted by atomic mass is 10.1. The van der Waals surface area contributed by atoms with Gasteiger partial charge >= 0.3 is 5.97 Å². The molecule has 1 aromatic heterocycles. The van der Waals surface area contributed by atoms with Crippen molar-refractivity contribution in [1.82, 2.24) is 0 Å². The van der Waals surface area contributed by atoms with Crippen LogP contribution >= 0.6 is 22.9 Å². The normalized spacial score (nSPS) is 10.7. The van der Waals surface area contributed by atoms with E-state index in [0.717, 1.165) is 0 Å². The lowest BCUT2D eigenvalue weighted by Gasteiger charge is -2.12. The predicted octanol–water partition coefficient (Wildman–Crippen LogP) is 2.16. The molecule has 8 heteroatoms. The van der Waals surface area contributed by atoms with Gasteiger partial charge in [-0.2, -0.15) is 0 Å². The summed E-state index contributed by atoms with van der Waals surface area (Å²) in [7, 11) is 0. The summed E-state index contributed by atoms with van der Waals surface area (Å²) < 4.78 is 10.2. The first kappa shape index (κ1) is 19.4. The molecule has 134 valence electrons. The number of rotatable bonds is 9. The molecular weight excluding hydrogens is 368 g/mol. The fraction of sp³-hybridized carbons (Fsp3) is 0.294. The summed E-state index contributed by atoms with van der Waals surface area (Å²) in [6.07, 6.45) is 0. The quantitative estimate of drug-likeness (QED) is 0.508. The van der Waals surface area contributed by atoms with E-state index < -0.39 is 11.9 Å². The summed E-state index contributed by atoms with van der Waals surface area (Å²) in [4.78, 5) is 24.4. The molecule has 0 spiro atoms. The molecule has 1 aromatic carbocycles. The fourth-order valence-electron chi connectivity index (χ4n) is 1.86. The summed E-state index contributed by atoms with van der Waals surface area (Å²) in [5, 5.41) is 19.8. The lowest BCUT2D eigenvalue weighted by molar-refractivity contribution is -0.148. The Morgan fingerprint density at radius 1 is 1.20 bits per heavy atom. The van der Waals surface area contributed by atoms with Gasteiger partial charge in [-0.25, -0.2) is 4.79 Å². The van der Waals surface area contributed by atoms with Gasteiger partial charge in [0, 0.05) is 11.5 Å².